The van der Waals surface area contributed by atoms with Gasteiger partial charge in [-0.15, -0.1) is 11.3 Å². The lowest BCUT2D eigenvalue weighted by atomic mass is 10.2. The lowest BCUT2D eigenvalue weighted by molar-refractivity contribution is 0.00374. The Morgan fingerprint density at radius 1 is 1.00 bits per heavy atom. The maximum absolute atomic E-state index is 12.4. The van der Waals surface area contributed by atoms with Crippen molar-refractivity contribution in [3.05, 3.63) is 28.0 Å². The number of carbonyl (C=O) groups excluding carboxylic acids is 3. The monoisotopic (exact) mass is 397 g/mol. The zero-order valence-electron chi connectivity index (χ0n) is 16.8. The van der Waals surface area contributed by atoms with Crippen molar-refractivity contribution in [1.82, 2.24) is 4.90 Å². The van der Waals surface area contributed by atoms with Gasteiger partial charge in [0.1, 0.15) is 16.1 Å². The van der Waals surface area contributed by atoms with E-state index in [4.69, 9.17) is 9.47 Å². The van der Waals surface area contributed by atoms with Crippen molar-refractivity contribution in [3.8, 4) is 0 Å². The Kier molecular flexibility index (Phi) is 7.59. The number of hydrogen-bond acceptors (Lipinski definition) is 7. The summed E-state index contributed by atoms with van der Waals surface area (Å²) in [5.74, 6) is -0.413. The predicted molar refractivity (Wildman–Crippen MR) is 104 cm³/mol. The van der Waals surface area contributed by atoms with Crippen LogP contribution in [0.3, 0.4) is 0 Å². The molecule has 0 aliphatic rings. The molecule has 27 heavy (non-hydrogen) atoms. The van der Waals surface area contributed by atoms with Crippen LogP contribution in [0, 0.1) is 0 Å². The number of imide groups is 1. The van der Waals surface area contributed by atoms with E-state index in [2.05, 4.69) is 4.74 Å². The molecule has 0 aliphatic carbocycles. The molecule has 1 heterocycles. The van der Waals surface area contributed by atoms with Gasteiger partial charge < -0.3 is 14.2 Å². The molecule has 0 fully saturated rings. The minimum Gasteiger partial charge on any atom is -0.465 e. The number of rotatable bonds is 4. The molecular weight excluding hydrogens is 370 g/mol. The standard InChI is InChI=1S/C19H27NO6S/c1-18(2,3)25-16(22)20(17(23)26-19(4,5)6)12-8-9-13-10-11-14(27-13)15(21)24-7/h8-11H,12H2,1-7H3. The highest BCUT2D eigenvalue weighted by atomic mass is 32.1. The van der Waals surface area contributed by atoms with Crippen molar-refractivity contribution < 1.29 is 28.6 Å². The Morgan fingerprint density at radius 2 is 1.52 bits per heavy atom. The van der Waals surface area contributed by atoms with Crippen LogP contribution in [-0.2, 0) is 14.2 Å². The topological polar surface area (TPSA) is 82.1 Å². The minimum absolute atomic E-state index is 0.0325. The van der Waals surface area contributed by atoms with Gasteiger partial charge in [0.25, 0.3) is 0 Å². The van der Waals surface area contributed by atoms with Gasteiger partial charge in [-0.2, -0.15) is 0 Å². The molecule has 7 nitrogen and oxygen atoms in total. The molecule has 2 amide bonds. The van der Waals surface area contributed by atoms with E-state index >= 15 is 0 Å². The smallest absolute Gasteiger partial charge is 0.420 e. The lowest BCUT2D eigenvalue weighted by Gasteiger charge is -2.28. The maximum Gasteiger partial charge on any atom is 0.420 e. The molecule has 0 bridgehead atoms. The number of carbonyl (C=O) groups is 3. The third-order valence-electron chi connectivity index (χ3n) is 2.81. The van der Waals surface area contributed by atoms with E-state index in [1.165, 1.54) is 18.4 Å². The number of thiophene rings is 1. The second-order valence-electron chi connectivity index (χ2n) is 7.67. The van der Waals surface area contributed by atoms with Gasteiger partial charge in [0, 0.05) is 4.88 Å². The van der Waals surface area contributed by atoms with E-state index in [1.807, 2.05) is 0 Å². The molecule has 0 saturated heterocycles. The van der Waals surface area contributed by atoms with Crippen LogP contribution in [0.1, 0.15) is 56.1 Å². The quantitative estimate of drug-likeness (QED) is 0.540. The Labute approximate surface area is 163 Å². The van der Waals surface area contributed by atoms with Gasteiger partial charge in [0.05, 0.1) is 13.7 Å². The van der Waals surface area contributed by atoms with Crippen molar-refractivity contribution >= 4 is 35.6 Å². The van der Waals surface area contributed by atoms with E-state index in [9.17, 15) is 14.4 Å². The summed E-state index contributed by atoms with van der Waals surface area (Å²) in [5, 5.41) is 0. The Bertz CT molecular complexity index is 681. The zero-order chi connectivity index (χ0) is 20.8. The van der Waals surface area contributed by atoms with E-state index in [-0.39, 0.29) is 6.54 Å². The summed E-state index contributed by atoms with van der Waals surface area (Å²) < 4.78 is 15.2. The highest BCUT2D eigenvalue weighted by Crippen LogP contribution is 2.19. The average Bonchev–Trinajstić information content (AvgIpc) is 2.95. The van der Waals surface area contributed by atoms with Crippen LogP contribution in [-0.4, -0.2) is 47.9 Å². The second kappa shape index (κ2) is 9.03. The van der Waals surface area contributed by atoms with Crippen molar-refractivity contribution in [3.63, 3.8) is 0 Å². The van der Waals surface area contributed by atoms with Crippen LogP contribution in [0.2, 0.25) is 0 Å². The van der Waals surface area contributed by atoms with Gasteiger partial charge in [-0.05, 0) is 59.8 Å². The van der Waals surface area contributed by atoms with Gasteiger partial charge >= 0.3 is 18.2 Å². The van der Waals surface area contributed by atoms with E-state index in [0.717, 1.165) is 9.78 Å². The Hall–Kier alpha value is -2.35. The molecule has 0 N–H and O–H groups in total. The summed E-state index contributed by atoms with van der Waals surface area (Å²) in [6.07, 6.45) is 1.75. The lowest BCUT2D eigenvalue weighted by Crippen LogP contribution is -2.43. The van der Waals surface area contributed by atoms with Crippen LogP contribution in [0.4, 0.5) is 9.59 Å². The van der Waals surface area contributed by atoms with Crippen molar-refractivity contribution in [2.45, 2.75) is 52.7 Å². The molecule has 1 aromatic heterocycles. The minimum atomic E-state index is -0.789. The van der Waals surface area contributed by atoms with E-state index in [1.54, 1.807) is 65.8 Å². The molecule has 1 rings (SSSR count). The zero-order valence-corrected chi connectivity index (χ0v) is 17.6. The van der Waals surface area contributed by atoms with Crippen LogP contribution < -0.4 is 0 Å². The molecule has 0 radical (unpaired) electrons. The van der Waals surface area contributed by atoms with Crippen LogP contribution >= 0.6 is 11.3 Å². The Morgan fingerprint density at radius 3 is 1.96 bits per heavy atom. The molecule has 0 atom stereocenters. The highest BCUT2D eigenvalue weighted by molar-refractivity contribution is 7.14. The van der Waals surface area contributed by atoms with Crippen LogP contribution in [0.15, 0.2) is 18.2 Å². The fourth-order valence-corrected chi connectivity index (χ4v) is 2.64. The third kappa shape index (κ3) is 8.25. The average molecular weight is 397 g/mol. The molecular formula is C19H27NO6S. The number of ether oxygens (including phenoxy) is 3. The van der Waals surface area contributed by atoms with Crippen LogP contribution in [0.25, 0.3) is 6.08 Å². The highest BCUT2D eigenvalue weighted by Gasteiger charge is 2.30. The largest absolute Gasteiger partial charge is 0.465 e. The van der Waals surface area contributed by atoms with Crippen molar-refractivity contribution in [2.24, 2.45) is 0 Å². The fraction of sp³-hybridized carbons (Fsp3) is 0.526. The maximum atomic E-state index is 12.4. The summed E-state index contributed by atoms with van der Waals surface area (Å²) in [4.78, 5) is 38.4. The molecule has 0 saturated carbocycles. The fourth-order valence-electron chi connectivity index (χ4n) is 1.78. The summed E-state index contributed by atoms with van der Waals surface area (Å²) in [5.41, 5.74) is -1.49. The van der Waals surface area contributed by atoms with Gasteiger partial charge in [-0.1, -0.05) is 6.08 Å². The van der Waals surface area contributed by atoms with Gasteiger partial charge in [0.15, 0.2) is 0 Å². The first kappa shape index (κ1) is 22.7. The Balaban J connectivity index is 2.89. The van der Waals surface area contributed by atoms with Crippen LogP contribution in [0.5, 0.6) is 0 Å². The first-order valence-electron chi connectivity index (χ1n) is 8.40. The molecule has 0 unspecified atom stereocenters. The first-order chi connectivity index (χ1) is 12.3. The number of amides is 2. The molecule has 1 aromatic rings. The van der Waals surface area contributed by atoms with Gasteiger partial charge in [0.2, 0.25) is 0 Å². The number of nitrogens with zero attached hydrogens (tertiary/aromatic N) is 1. The summed E-state index contributed by atoms with van der Waals surface area (Å²) in [6.45, 7) is 10.3. The molecule has 0 aliphatic heterocycles. The van der Waals surface area contributed by atoms with Gasteiger partial charge in [-0.3, -0.25) is 0 Å². The molecule has 8 heteroatoms. The van der Waals surface area contributed by atoms with Gasteiger partial charge in [-0.25, -0.2) is 19.3 Å². The summed E-state index contributed by atoms with van der Waals surface area (Å²) in [6, 6.07) is 3.40. The second-order valence-corrected chi connectivity index (χ2v) is 8.78. The molecule has 0 aromatic carbocycles. The van der Waals surface area contributed by atoms with Crippen molar-refractivity contribution in [1.29, 1.82) is 0 Å². The number of hydrogen-bond donors (Lipinski definition) is 0. The number of esters is 1. The van der Waals surface area contributed by atoms with Crippen molar-refractivity contribution in [2.75, 3.05) is 13.7 Å². The van der Waals surface area contributed by atoms with E-state index in [0.29, 0.717) is 4.88 Å². The predicted octanol–water partition coefficient (Wildman–Crippen LogP) is 4.72. The summed E-state index contributed by atoms with van der Waals surface area (Å²) >= 11 is 1.24. The first-order valence-corrected chi connectivity index (χ1v) is 9.22. The molecule has 0 spiro atoms. The van der Waals surface area contributed by atoms with E-state index < -0.39 is 29.4 Å². The summed E-state index contributed by atoms with van der Waals surface area (Å²) in [7, 11) is 1.32. The normalized spacial score (nSPS) is 12.0. The third-order valence-corrected chi connectivity index (χ3v) is 3.84. The SMILES string of the molecule is COC(=O)c1ccc(C=CCN(C(=O)OC(C)(C)C)C(=O)OC(C)(C)C)s1. The number of methoxy groups -OCH3 is 1. The molecule has 150 valence electrons.